The van der Waals surface area contributed by atoms with Gasteiger partial charge < -0.3 is 10.1 Å². The average molecular weight is 201 g/mol. The Hall–Kier alpha value is -1.16. The van der Waals surface area contributed by atoms with E-state index >= 15 is 0 Å². The molecule has 0 aliphatic carbocycles. The van der Waals surface area contributed by atoms with Crippen LogP contribution in [0.25, 0.3) is 0 Å². The SMILES string of the molecule is COC[C@H](C)Nc1cc(F)cc(F)c1. The first-order chi connectivity index (χ1) is 6.61. The quantitative estimate of drug-likeness (QED) is 0.807. The smallest absolute Gasteiger partial charge is 0.128 e. The fourth-order valence-corrected chi connectivity index (χ4v) is 1.21. The zero-order valence-electron chi connectivity index (χ0n) is 8.18. The van der Waals surface area contributed by atoms with E-state index in [1.54, 1.807) is 7.11 Å². The summed E-state index contributed by atoms with van der Waals surface area (Å²) in [7, 11) is 1.57. The Labute approximate surface area is 81.9 Å². The zero-order valence-corrected chi connectivity index (χ0v) is 8.18. The van der Waals surface area contributed by atoms with Crippen LogP contribution in [0.3, 0.4) is 0 Å². The van der Waals surface area contributed by atoms with Crippen molar-refractivity contribution < 1.29 is 13.5 Å². The summed E-state index contributed by atoms with van der Waals surface area (Å²) >= 11 is 0. The summed E-state index contributed by atoms with van der Waals surface area (Å²) in [6.07, 6.45) is 0. The van der Waals surface area contributed by atoms with Crippen LogP contribution in [-0.2, 0) is 4.74 Å². The number of rotatable bonds is 4. The fourth-order valence-electron chi connectivity index (χ4n) is 1.21. The van der Waals surface area contributed by atoms with Gasteiger partial charge in [0.2, 0.25) is 0 Å². The van der Waals surface area contributed by atoms with E-state index in [0.29, 0.717) is 12.3 Å². The van der Waals surface area contributed by atoms with Gasteiger partial charge >= 0.3 is 0 Å². The molecule has 0 heterocycles. The molecule has 0 unspecified atom stereocenters. The second kappa shape index (κ2) is 4.91. The molecule has 4 heteroatoms. The van der Waals surface area contributed by atoms with E-state index in [4.69, 9.17) is 4.74 Å². The van der Waals surface area contributed by atoms with Gasteiger partial charge in [-0.05, 0) is 19.1 Å². The fraction of sp³-hybridized carbons (Fsp3) is 0.400. The molecule has 1 N–H and O–H groups in total. The lowest BCUT2D eigenvalue weighted by Gasteiger charge is -2.14. The highest BCUT2D eigenvalue weighted by Gasteiger charge is 2.04. The standard InChI is InChI=1S/C10H13F2NO/c1-7(6-14-2)13-10-4-8(11)3-9(12)5-10/h3-5,7,13H,6H2,1-2H3/t7-/m0/s1. The Balaban J connectivity index is 2.66. The van der Waals surface area contributed by atoms with Crippen molar-refractivity contribution in [3.63, 3.8) is 0 Å². The molecule has 0 aliphatic rings. The molecule has 0 bridgehead atoms. The topological polar surface area (TPSA) is 21.3 Å². The van der Waals surface area contributed by atoms with Gasteiger partial charge in [-0.1, -0.05) is 0 Å². The number of benzene rings is 1. The van der Waals surface area contributed by atoms with Crippen LogP contribution in [-0.4, -0.2) is 19.8 Å². The molecule has 0 saturated carbocycles. The Morgan fingerprint density at radius 3 is 2.36 bits per heavy atom. The highest BCUT2D eigenvalue weighted by molar-refractivity contribution is 5.44. The summed E-state index contributed by atoms with van der Waals surface area (Å²) in [6, 6.07) is 3.35. The Morgan fingerprint density at radius 1 is 1.29 bits per heavy atom. The molecule has 1 rings (SSSR count). The van der Waals surface area contributed by atoms with Crippen molar-refractivity contribution >= 4 is 5.69 Å². The largest absolute Gasteiger partial charge is 0.383 e. The predicted molar refractivity (Wildman–Crippen MR) is 51.3 cm³/mol. The van der Waals surface area contributed by atoms with Crippen LogP contribution in [0.5, 0.6) is 0 Å². The minimum atomic E-state index is -0.586. The Kier molecular flexibility index (Phi) is 3.83. The summed E-state index contributed by atoms with van der Waals surface area (Å²) in [5, 5.41) is 2.92. The van der Waals surface area contributed by atoms with Crippen LogP contribution < -0.4 is 5.32 Å². The van der Waals surface area contributed by atoms with E-state index in [0.717, 1.165) is 6.07 Å². The van der Waals surface area contributed by atoms with Gasteiger partial charge in [-0.15, -0.1) is 0 Å². The number of hydrogen-bond donors (Lipinski definition) is 1. The minimum absolute atomic E-state index is 0.0150. The third kappa shape index (κ3) is 3.30. The van der Waals surface area contributed by atoms with Crippen LogP contribution in [0, 0.1) is 11.6 Å². The molecule has 0 saturated heterocycles. The maximum Gasteiger partial charge on any atom is 0.128 e. The lowest BCUT2D eigenvalue weighted by Crippen LogP contribution is -2.20. The predicted octanol–water partition coefficient (Wildman–Crippen LogP) is 2.41. The average Bonchev–Trinajstić information content (AvgIpc) is 2.01. The number of anilines is 1. The Bertz CT molecular complexity index is 284. The Morgan fingerprint density at radius 2 is 1.86 bits per heavy atom. The second-order valence-electron chi connectivity index (χ2n) is 3.16. The van der Waals surface area contributed by atoms with Gasteiger partial charge in [0, 0.05) is 24.9 Å². The lowest BCUT2D eigenvalue weighted by molar-refractivity contribution is 0.190. The van der Waals surface area contributed by atoms with E-state index in [2.05, 4.69) is 5.32 Å². The first kappa shape index (κ1) is 10.9. The van der Waals surface area contributed by atoms with E-state index < -0.39 is 11.6 Å². The molecule has 1 aromatic carbocycles. The summed E-state index contributed by atoms with van der Waals surface area (Å²) in [5.41, 5.74) is 0.423. The van der Waals surface area contributed by atoms with Crippen LogP contribution in [0.1, 0.15) is 6.92 Å². The van der Waals surface area contributed by atoms with Crippen molar-refractivity contribution in [3.8, 4) is 0 Å². The van der Waals surface area contributed by atoms with E-state index in [1.807, 2.05) is 6.92 Å². The number of methoxy groups -OCH3 is 1. The van der Waals surface area contributed by atoms with Gasteiger partial charge in [-0.3, -0.25) is 0 Å². The number of hydrogen-bond acceptors (Lipinski definition) is 2. The van der Waals surface area contributed by atoms with Crippen molar-refractivity contribution in [1.82, 2.24) is 0 Å². The number of halogens is 2. The molecule has 78 valence electrons. The monoisotopic (exact) mass is 201 g/mol. The third-order valence-corrected chi connectivity index (χ3v) is 1.69. The first-order valence-electron chi connectivity index (χ1n) is 4.33. The van der Waals surface area contributed by atoms with E-state index in [9.17, 15) is 8.78 Å². The molecule has 1 atom stereocenters. The van der Waals surface area contributed by atoms with Gasteiger partial charge in [-0.2, -0.15) is 0 Å². The van der Waals surface area contributed by atoms with Crippen LogP contribution in [0.4, 0.5) is 14.5 Å². The number of nitrogens with one attached hydrogen (secondary N) is 1. The molecule has 0 aliphatic heterocycles. The normalized spacial score (nSPS) is 12.6. The van der Waals surface area contributed by atoms with Crippen molar-refractivity contribution in [3.05, 3.63) is 29.8 Å². The molecular formula is C10H13F2NO. The van der Waals surface area contributed by atoms with Crippen LogP contribution in [0.2, 0.25) is 0 Å². The lowest BCUT2D eigenvalue weighted by atomic mass is 10.2. The highest BCUT2D eigenvalue weighted by atomic mass is 19.1. The van der Waals surface area contributed by atoms with Gasteiger partial charge in [-0.25, -0.2) is 8.78 Å². The molecule has 1 aromatic rings. The van der Waals surface area contributed by atoms with Crippen molar-refractivity contribution in [2.75, 3.05) is 19.0 Å². The molecule has 0 spiro atoms. The summed E-state index contributed by atoms with van der Waals surface area (Å²) in [4.78, 5) is 0. The summed E-state index contributed by atoms with van der Waals surface area (Å²) in [5.74, 6) is -1.17. The maximum atomic E-state index is 12.8. The van der Waals surface area contributed by atoms with Gasteiger partial charge in [0.15, 0.2) is 0 Å². The molecule has 0 fully saturated rings. The van der Waals surface area contributed by atoms with Gasteiger partial charge in [0.25, 0.3) is 0 Å². The third-order valence-electron chi connectivity index (χ3n) is 1.69. The molecule has 0 radical (unpaired) electrons. The van der Waals surface area contributed by atoms with E-state index in [1.165, 1.54) is 12.1 Å². The van der Waals surface area contributed by atoms with Gasteiger partial charge in [0.05, 0.1) is 6.61 Å². The van der Waals surface area contributed by atoms with Crippen LogP contribution in [0.15, 0.2) is 18.2 Å². The first-order valence-corrected chi connectivity index (χ1v) is 4.33. The summed E-state index contributed by atoms with van der Waals surface area (Å²) < 4.78 is 30.4. The van der Waals surface area contributed by atoms with Crippen molar-refractivity contribution in [2.24, 2.45) is 0 Å². The van der Waals surface area contributed by atoms with Crippen molar-refractivity contribution in [1.29, 1.82) is 0 Å². The molecule has 0 amide bonds. The second-order valence-corrected chi connectivity index (χ2v) is 3.16. The summed E-state index contributed by atoms with van der Waals surface area (Å²) in [6.45, 7) is 2.35. The molecular weight excluding hydrogens is 188 g/mol. The maximum absolute atomic E-state index is 12.8. The van der Waals surface area contributed by atoms with Crippen molar-refractivity contribution in [2.45, 2.75) is 13.0 Å². The highest BCUT2D eigenvalue weighted by Crippen LogP contribution is 2.13. The molecule has 2 nitrogen and oxygen atoms in total. The van der Waals surface area contributed by atoms with Crippen LogP contribution >= 0.6 is 0 Å². The molecule has 0 aromatic heterocycles. The van der Waals surface area contributed by atoms with E-state index in [-0.39, 0.29) is 6.04 Å². The molecule has 14 heavy (non-hydrogen) atoms. The van der Waals surface area contributed by atoms with Gasteiger partial charge in [0.1, 0.15) is 11.6 Å². The zero-order chi connectivity index (χ0) is 10.6. The number of ether oxygens (including phenoxy) is 1. The minimum Gasteiger partial charge on any atom is -0.383 e.